The van der Waals surface area contributed by atoms with Gasteiger partial charge in [0.15, 0.2) is 11.3 Å². The van der Waals surface area contributed by atoms with Crippen LogP contribution in [0.3, 0.4) is 0 Å². The second-order valence-corrected chi connectivity index (χ2v) is 7.17. The van der Waals surface area contributed by atoms with Crippen LogP contribution in [-0.2, 0) is 6.42 Å². The highest BCUT2D eigenvalue weighted by Gasteiger charge is 2.35. The number of carbonyl (C=O) groups is 1. The van der Waals surface area contributed by atoms with Crippen molar-refractivity contribution in [3.63, 3.8) is 0 Å². The monoisotopic (exact) mass is 373 g/mol. The average molecular weight is 373 g/mol. The summed E-state index contributed by atoms with van der Waals surface area (Å²) in [6.45, 7) is 0.783. The predicted octanol–water partition coefficient (Wildman–Crippen LogP) is 1.95. The lowest BCUT2D eigenvalue weighted by molar-refractivity contribution is 0.0756. The van der Waals surface area contributed by atoms with Crippen LogP contribution in [0.2, 0.25) is 0 Å². The molecule has 0 radical (unpaired) electrons. The van der Waals surface area contributed by atoms with Crippen molar-refractivity contribution in [2.24, 2.45) is 5.92 Å². The number of hydrogen-bond acceptors (Lipinski definition) is 5. The van der Waals surface area contributed by atoms with Gasteiger partial charge in [0, 0.05) is 36.3 Å². The molecule has 1 amide bonds. The van der Waals surface area contributed by atoms with Crippen molar-refractivity contribution in [1.29, 1.82) is 0 Å². The summed E-state index contributed by atoms with van der Waals surface area (Å²) >= 11 is 0. The zero-order chi connectivity index (χ0) is 19.1. The van der Waals surface area contributed by atoms with Gasteiger partial charge in [-0.05, 0) is 30.7 Å². The second kappa shape index (κ2) is 6.69. The van der Waals surface area contributed by atoms with Crippen molar-refractivity contribution < 1.29 is 9.90 Å². The Hall–Kier alpha value is -3.32. The molecule has 0 bridgehead atoms. The van der Waals surface area contributed by atoms with E-state index in [-0.39, 0.29) is 11.8 Å². The van der Waals surface area contributed by atoms with Crippen molar-refractivity contribution in [3.8, 4) is 0 Å². The highest BCUT2D eigenvalue weighted by atomic mass is 16.3. The lowest BCUT2D eigenvalue weighted by atomic mass is 9.99. The first-order valence-electron chi connectivity index (χ1n) is 9.30. The molecule has 5 rings (SSSR count). The predicted molar refractivity (Wildman–Crippen MR) is 104 cm³/mol. The van der Waals surface area contributed by atoms with E-state index in [4.69, 9.17) is 4.98 Å². The fraction of sp³-hybridized carbons (Fsp3) is 0.238. The molecule has 4 aromatic rings. The van der Waals surface area contributed by atoms with Gasteiger partial charge in [-0.3, -0.25) is 9.78 Å². The Morgan fingerprint density at radius 2 is 2.00 bits per heavy atom. The highest BCUT2D eigenvalue weighted by molar-refractivity contribution is 5.93. The number of aliphatic hydroxyl groups is 1. The number of nitrogens with zero attached hydrogens (tertiary/aromatic N) is 5. The Balaban J connectivity index is 1.35. The summed E-state index contributed by atoms with van der Waals surface area (Å²) < 4.78 is 1.53. The zero-order valence-electron chi connectivity index (χ0n) is 15.1. The maximum absolute atomic E-state index is 12.9. The van der Waals surface area contributed by atoms with Gasteiger partial charge in [-0.2, -0.15) is 5.10 Å². The summed E-state index contributed by atoms with van der Waals surface area (Å²) in [7, 11) is 0. The van der Waals surface area contributed by atoms with E-state index < -0.39 is 6.10 Å². The van der Waals surface area contributed by atoms with Crippen molar-refractivity contribution in [2.75, 3.05) is 13.1 Å². The second-order valence-electron chi connectivity index (χ2n) is 7.17. The van der Waals surface area contributed by atoms with Crippen molar-refractivity contribution >= 4 is 22.5 Å². The highest BCUT2D eigenvalue weighted by Crippen LogP contribution is 2.24. The minimum absolute atomic E-state index is 0.0512. The molecular weight excluding hydrogens is 354 g/mol. The van der Waals surface area contributed by atoms with Gasteiger partial charge in [-0.1, -0.05) is 24.3 Å². The van der Waals surface area contributed by atoms with Crippen LogP contribution in [0.5, 0.6) is 0 Å². The number of fused-ring (bicyclic) bond motifs is 2. The molecule has 0 saturated carbocycles. The lowest BCUT2D eigenvalue weighted by Crippen LogP contribution is -2.30. The molecule has 1 saturated heterocycles. The molecule has 1 N–H and O–H groups in total. The van der Waals surface area contributed by atoms with Crippen molar-refractivity contribution in [2.45, 2.75) is 12.5 Å². The normalized spacial score (nSPS) is 19.5. The van der Waals surface area contributed by atoms with Crippen LogP contribution in [0.15, 0.2) is 60.9 Å². The summed E-state index contributed by atoms with van der Waals surface area (Å²) in [6, 6.07) is 15.6. The molecule has 1 aliphatic heterocycles. The quantitative estimate of drug-likeness (QED) is 0.593. The van der Waals surface area contributed by atoms with E-state index in [1.165, 1.54) is 10.7 Å². The van der Waals surface area contributed by atoms with Crippen LogP contribution < -0.4 is 0 Å². The lowest BCUT2D eigenvalue weighted by Gasteiger charge is -2.15. The number of likely N-dealkylation sites (tertiary alicyclic amines) is 1. The molecule has 0 spiro atoms. The zero-order valence-corrected chi connectivity index (χ0v) is 15.1. The van der Waals surface area contributed by atoms with E-state index in [1.807, 2.05) is 36.4 Å². The number of β-amino-alcohol motifs (C(OH)–C–C–N with tert-alkyl or cyclic N) is 1. The molecule has 7 nitrogen and oxygen atoms in total. The Bertz CT molecular complexity index is 1170. The molecule has 4 heterocycles. The molecule has 28 heavy (non-hydrogen) atoms. The fourth-order valence-electron chi connectivity index (χ4n) is 3.85. The smallest absolute Gasteiger partial charge is 0.274 e. The fourth-order valence-corrected chi connectivity index (χ4v) is 3.85. The van der Waals surface area contributed by atoms with Crippen molar-refractivity contribution in [1.82, 2.24) is 24.5 Å². The van der Waals surface area contributed by atoms with E-state index in [1.54, 1.807) is 23.2 Å². The molecule has 3 aromatic heterocycles. The van der Waals surface area contributed by atoms with Gasteiger partial charge in [0.25, 0.3) is 5.91 Å². The Morgan fingerprint density at radius 1 is 1.11 bits per heavy atom. The first-order chi connectivity index (χ1) is 13.7. The molecule has 7 heteroatoms. The van der Waals surface area contributed by atoms with Gasteiger partial charge in [-0.15, -0.1) is 0 Å². The maximum atomic E-state index is 12.9. The standard InChI is InChI=1S/C21H19N5O2/c27-19-13-25(21(28)18-11-22-20-6-3-9-23-26(18)20)12-15(19)10-16-8-7-14-4-1-2-5-17(14)24-16/h1-9,11,15,19,27H,10,12-13H2/t15-,19-/m1/s1. The number of benzene rings is 1. The number of para-hydroxylation sites is 1. The SMILES string of the molecule is O=C(c1cnc2cccnn12)N1C[C@@H](Cc2ccc3ccccc3n2)[C@H](O)C1. The number of pyridine rings is 1. The van der Waals surface area contributed by atoms with Crippen molar-refractivity contribution in [3.05, 3.63) is 72.3 Å². The molecular formula is C21H19N5O2. The van der Waals surface area contributed by atoms with Gasteiger partial charge in [-0.25, -0.2) is 9.50 Å². The Kier molecular flexibility index (Phi) is 4.02. The van der Waals surface area contributed by atoms with E-state index in [0.717, 1.165) is 16.6 Å². The van der Waals surface area contributed by atoms with Gasteiger partial charge >= 0.3 is 0 Å². The summed E-state index contributed by atoms with van der Waals surface area (Å²) in [5, 5.41) is 15.8. The van der Waals surface area contributed by atoms with Crippen LogP contribution in [0.1, 0.15) is 16.2 Å². The minimum Gasteiger partial charge on any atom is -0.391 e. The molecule has 0 aliphatic carbocycles. The number of rotatable bonds is 3. The van der Waals surface area contributed by atoms with Crippen LogP contribution in [0.25, 0.3) is 16.6 Å². The van der Waals surface area contributed by atoms with Crippen LogP contribution in [-0.4, -0.2) is 54.7 Å². The first-order valence-corrected chi connectivity index (χ1v) is 9.30. The van der Waals surface area contributed by atoms with Crippen LogP contribution in [0, 0.1) is 5.92 Å². The molecule has 1 aromatic carbocycles. The Morgan fingerprint density at radius 3 is 2.93 bits per heavy atom. The third-order valence-corrected chi connectivity index (χ3v) is 5.32. The number of carbonyl (C=O) groups excluding carboxylic acids is 1. The van der Waals surface area contributed by atoms with Gasteiger partial charge in [0.1, 0.15) is 0 Å². The largest absolute Gasteiger partial charge is 0.391 e. The van der Waals surface area contributed by atoms with E-state index in [2.05, 4.69) is 10.1 Å². The van der Waals surface area contributed by atoms with Gasteiger partial charge in [0.2, 0.25) is 0 Å². The molecule has 1 aliphatic rings. The third-order valence-electron chi connectivity index (χ3n) is 5.32. The van der Waals surface area contributed by atoms with E-state index in [0.29, 0.717) is 30.9 Å². The number of aromatic nitrogens is 4. The topological polar surface area (TPSA) is 83.6 Å². The van der Waals surface area contributed by atoms with Gasteiger partial charge < -0.3 is 10.0 Å². The molecule has 2 atom stereocenters. The van der Waals surface area contributed by atoms with Crippen LogP contribution in [0.4, 0.5) is 0 Å². The number of hydrogen-bond donors (Lipinski definition) is 1. The van der Waals surface area contributed by atoms with E-state index in [9.17, 15) is 9.90 Å². The Labute approximate surface area is 161 Å². The average Bonchev–Trinajstić information content (AvgIpc) is 3.31. The summed E-state index contributed by atoms with van der Waals surface area (Å²) in [6.07, 6.45) is 3.21. The summed E-state index contributed by atoms with van der Waals surface area (Å²) in [5.41, 5.74) is 2.90. The maximum Gasteiger partial charge on any atom is 0.274 e. The first kappa shape index (κ1) is 16.8. The van der Waals surface area contributed by atoms with E-state index >= 15 is 0 Å². The van der Waals surface area contributed by atoms with Gasteiger partial charge in [0.05, 0.1) is 17.8 Å². The number of imidazole rings is 1. The number of amides is 1. The summed E-state index contributed by atoms with van der Waals surface area (Å²) in [5.74, 6) is -0.219. The van der Waals surface area contributed by atoms with Crippen LogP contribution >= 0.6 is 0 Å². The minimum atomic E-state index is -0.579. The summed E-state index contributed by atoms with van der Waals surface area (Å²) in [4.78, 5) is 23.5. The molecule has 140 valence electrons. The molecule has 0 unspecified atom stereocenters. The number of aliphatic hydroxyl groups excluding tert-OH is 1. The third kappa shape index (κ3) is 2.90. The molecule has 1 fully saturated rings.